The molecule has 74 valence electrons. The predicted molar refractivity (Wildman–Crippen MR) is 58.0 cm³/mol. The van der Waals surface area contributed by atoms with Crippen molar-refractivity contribution in [2.45, 2.75) is 0 Å². The molecule has 1 aromatic heterocycles. The Morgan fingerprint density at radius 2 is 1.94 bits per heavy atom. The van der Waals surface area contributed by atoms with Gasteiger partial charge >= 0.3 is 18.9 Å². The topological polar surface area (TPSA) is 30.0 Å². The van der Waals surface area contributed by atoms with Gasteiger partial charge in [-0.05, 0) is 5.56 Å². The van der Waals surface area contributed by atoms with Gasteiger partial charge in [0, 0.05) is 5.15 Å². The van der Waals surface area contributed by atoms with E-state index in [1.54, 1.807) is 30.3 Å². The number of ketones is 1. The summed E-state index contributed by atoms with van der Waals surface area (Å²) in [7, 11) is 0. The number of carbonyl (C=O) groups excluding carboxylic acids is 1. The Bertz CT molecular complexity index is 487. The van der Waals surface area contributed by atoms with Gasteiger partial charge in [0.05, 0.1) is 0 Å². The number of hydrogen-bond acceptors (Lipinski definition) is 2. The fourth-order valence-electron chi connectivity index (χ4n) is 1.24. The second-order valence-electron chi connectivity index (χ2n) is 2.95. The predicted octanol–water partition coefficient (Wildman–Crippen LogP) is -0.230. The van der Waals surface area contributed by atoms with Crippen LogP contribution in [0.5, 0.6) is 0 Å². The van der Waals surface area contributed by atoms with E-state index in [-0.39, 0.29) is 29.8 Å². The van der Waals surface area contributed by atoms with E-state index in [0.717, 1.165) is 0 Å². The molecule has 0 aliphatic rings. The van der Waals surface area contributed by atoms with E-state index < -0.39 is 0 Å². The molecule has 0 unspecified atom stereocenters. The van der Waals surface area contributed by atoms with Crippen LogP contribution in [0.4, 0.5) is 0 Å². The minimum absolute atomic E-state index is 0. The molecule has 0 amide bonds. The third-order valence-electron chi connectivity index (χ3n) is 1.96. The number of pyridine rings is 1. The number of nitrogens with zero attached hydrogens (tertiary/aromatic N) is 1. The standard InChI is InChI=1S/C12H7ClNO.Li/c13-12-10(7-4-8-14-12)11(15)9-5-2-1-3-6-9;/h1-6,8H;/q-1;+1. The largest absolute Gasteiger partial charge is 1.00 e. The van der Waals surface area contributed by atoms with E-state index in [4.69, 9.17) is 11.6 Å². The number of hydrogen-bond donors (Lipinski definition) is 0. The summed E-state index contributed by atoms with van der Waals surface area (Å²) in [6.45, 7) is 0. The first-order chi connectivity index (χ1) is 7.29. The zero-order valence-corrected chi connectivity index (χ0v) is 9.53. The molecule has 2 rings (SSSR count). The van der Waals surface area contributed by atoms with Gasteiger partial charge in [0.1, 0.15) is 5.78 Å². The molecular formula is C12H7ClLiNO. The summed E-state index contributed by atoms with van der Waals surface area (Å²) in [6.07, 6.45) is 1.50. The molecule has 0 bridgehead atoms. The number of carbonyl (C=O) groups is 1. The van der Waals surface area contributed by atoms with Gasteiger partial charge in [-0.15, -0.1) is 23.7 Å². The molecule has 4 heteroatoms. The monoisotopic (exact) mass is 223 g/mol. The molecule has 0 aliphatic carbocycles. The van der Waals surface area contributed by atoms with E-state index in [9.17, 15) is 4.79 Å². The molecule has 0 N–H and O–H groups in total. The Morgan fingerprint density at radius 3 is 2.56 bits per heavy atom. The molecule has 2 aromatic rings. The van der Waals surface area contributed by atoms with Crippen molar-refractivity contribution in [3.8, 4) is 0 Å². The summed E-state index contributed by atoms with van der Waals surface area (Å²) in [5.74, 6) is -0.159. The number of halogens is 1. The van der Waals surface area contributed by atoms with Crippen LogP contribution in [0.25, 0.3) is 0 Å². The van der Waals surface area contributed by atoms with Crippen molar-refractivity contribution in [3.05, 3.63) is 64.9 Å². The Balaban J connectivity index is 0.00000128. The quantitative estimate of drug-likeness (QED) is 0.305. The van der Waals surface area contributed by atoms with Gasteiger partial charge in [0.25, 0.3) is 0 Å². The van der Waals surface area contributed by atoms with Crippen LogP contribution >= 0.6 is 11.6 Å². The fraction of sp³-hybridized carbons (Fsp3) is 0. The first kappa shape index (κ1) is 13.0. The molecule has 0 saturated heterocycles. The van der Waals surface area contributed by atoms with Gasteiger partial charge in [0.2, 0.25) is 0 Å². The molecule has 16 heavy (non-hydrogen) atoms. The van der Waals surface area contributed by atoms with Gasteiger partial charge in [-0.2, -0.15) is 0 Å². The minimum Gasteiger partial charge on any atom is -0.346 e. The van der Waals surface area contributed by atoms with Crippen molar-refractivity contribution < 1.29 is 23.7 Å². The zero-order chi connectivity index (χ0) is 10.7. The molecule has 2 nitrogen and oxygen atoms in total. The average Bonchev–Trinajstić information content (AvgIpc) is 2.30. The summed E-state index contributed by atoms with van der Waals surface area (Å²) < 4.78 is 0. The van der Waals surface area contributed by atoms with E-state index in [2.05, 4.69) is 11.1 Å². The Kier molecular flexibility index (Phi) is 4.76. The van der Waals surface area contributed by atoms with Crippen molar-refractivity contribution in [2.75, 3.05) is 0 Å². The third-order valence-corrected chi connectivity index (χ3v) is 2.25. The van der Waals surface area contributed by atoms with Crippen LogP contribution in [0.3, 0.4) is 0 Å². The fourth-order valence-corrected chi connectivity index (χ4v) is 1.44. The van der Waals surface area contributed by atoms with Crippen molar-refractivity contribution >= 4 is 17.4 Å². The van der Waals surface area contributed by atoms with E-state index in [0.29, 0.717) is 11.1 Å². The maximum Gasteiger partial charge on any atom is 1.00 e. The van der Waals surface area contributed by atoms with Crippen molar-refractivity contribution in [1.29, 1.82) is 0 Å². The first-order valence-corrected chi connectivity index (χ1v) is 4.79. The molecule has 1 aromatic carbocycles. The number of benzene rings is 1. The van der Waals surface area contributed by atoms with Crippen LogP contribution < -0.4 is 18.9 Å². The molecule has 0 atom stereocenters. The molecule has 0 saturated carbocycles. The SMILES string of the molecule is O=C(c1ccccc1)c1[c-]ccnc1Cl.[Li+]. The molecule has 0 radical (unpaired) electrons. The summed E-state index contributed by atoms with van der Waals surface area (Å²) in [6, 6.07) is 13.3. The van der Waals surface area contributed by atoms with Crippen molar-refractivity contribution in [1.82, 2.24) is 4.98 Å². The Labute approximate surface area is 111 Å². The Hall–Kier alpha value is -1.07. The maximum absolute atomic E-state index is 11.9. The summed E-state index contributed by atoms with van der Waals surface area (Å²) in [5, 5.41) is 0.186. The summed E-state index contributed by atoms with van der Waals surface area (Å²) in [4.78, 5) is 15.8. The van der Waals surface area contributed by atoms with Crippen LogP contribution in [-0.4, -0.2) is 10.8 Å². The molecule has 0 aliphatic heterocycles. The van der Waals surface area contributed by atoms with Gasteiger partial charge in [0.15, 0.2) is 0 Å². The van der Waals surface area contributed by atoms with Crippen LogP contribution in [0, 0.1) is 6.07 Å². The second kappa shape index (κ2) is 5.86. The van der Waals surface area contributed by atoms with Crippen LogP contribution in [0.2, 0.25) is 5.15 Å². The van der Waals surface area contributed by atoms with Crippen LogP contribution in [0.1, 0.15) is 15.9 Å². The normalized spacial score (nSPS) is 9.31. The van der Waals surface area contributed by atoms with Crippen LogP contribution in [0.15, 0.2) is 42.6 Å². The number of aromatic nitrogens is 1. The van der Waals surface area contributed by atoms with Crippen LogP contribution in [-0.2, 0) is 0 Å². The second-order valence-corrected chi connectivity index (χ2v) is 3.31. The van der Waals surface area contributed by atoms with Gasteiger partial charge in [-0.25, -0.2) is 0 Å². The molecular weight excluding hydrogens is 217 g/mol. The van der Waals surface area contributed by atoms with E-state index in [1.165, 1.54) is 6.20 Å². The molecule has 0 fully saturated rings. The van der Waals surface area contributed by atoms with Gasteiger partial charge < -0.3 is 9.78 Å². The third kappa shape index (κ3) is 2.74. The average molecular weight is 224 g/mol. The van der Waals surface area contributed by atoms with E-state index >= 15 is 0 Å². The number of rotatable bonds is 2. The summed E-state index contributed by atoms with van der Waals surface area (Å²) in [5.41, 5.74) is 0.897. The van der Waals surface area contributed by atoms with Gasteiger partial charge in [-0.3, -0.25) is 0 Å². The molecule has 0 spiro atoms. The maximum atomic E-state index is 11.9. The smallest absolute Gasteiger partial charge is 0.346 e. The van der Waals surface area contributed by atoms with E-state index in [1.807, 2.05) is 6.07 Å². The van der Waals surface area contributed by atoms with Crippen molar-refractivity contribution in [2.24, 2.45) is 0 Å². The zero-order valence-electron chi connectivity index (χ0n) is 8.77. The van der Waals surface area contributed by atoms with Gasteiger partial charge in [-0.1, -0.05) is 42.1 Å². The van der Waals surface area contributed by atoms with Crippen molar-refractivity contribution in [3.63, 3.8) is 0 Å². The minimum atomic E-state index is -0.159. The first-order valence-electron chi connectivity index (χ1n) is 4.41. The summed E-state index contributed by atoms with van der Waals surface area (Å²) >= 11 is 5.81. The molecule has 1 heterocycles. The Morgan fingerprint density at radius 1 is 1.25 bits per heavy atom.